The van der Waals surface area contributed by atoms with E-state index in [2.05, 4.69) is 10.3 Å². The van der Waals surface area contributed by atoms with Gasteiger partial charge in [-0.15, -0.1) is 0 Å². The number of nitrogens with zero attached hydrogens (tertiary/aromatic N) is 3. The number of aromatic nitrogens is 2. The number of pyridine rings is 1. The molecule has 0 spiro atoms. The lowest BCUT2D eigenvalue weighted by molar-refractivity contribution is -0.137. The zero-order valence-electron chi connectivity index (χ0n) is 22.2. The van der Waals surface area contributed by atoms with Gasteiger partial charge >= 0.3 is 11.0 Å². The Balaban J connectivity index is 1.38. The second kappa shape index (κ2) is 11.0. The van der Waals surface area contributed by atoms with E-state index in [1.165, 1.54) is 30.1 Å². The molecule has 0 radical (unpaired) electrons. The smallest absolute Gasteiger partial charge is 0.416 e. The standard InChI is InChI=1S/C29H21F3N4O5S2/c1-41-19-9-7-17(8-10-19)34-20(37)14-35-27-24(43-28(35)40)21(15-4-3-11-33-13-15)22-23(42-27)26(39)36(25(22)38)18-6-2-5-16(12-18)29(30,31)32/h2-13,21-23H,14H2,1H3,(H,34,37)/t21-,22-,23+/m0/s1. The number of methoxy groups -OCH3 is 1. The molecular formula is C29H21F3N4O5S2. The molecule has 0 aliphatic carbocycles. The van der Waals surface area contributed by atoms with Crippen LogP contribution < -0.4 is 19.8 Å². The number of rotatable bonds is 6. The number of benzene rings is 2. The van der Waals surface area contributed by atoms with Crippen LogP contribution in [0, 0.1) is 5.92 Å². The number of hydrogen-bond donors (Lipinski definition) is 1. The monoisotopic (exact) mass is 626 g/mol. The van der Waals surface area contributed by atoms with Crippen LogP contribution in [0.4, 0.5) is 24.5 Å². The van der Waals surface area contributed by atoms with Crippen LogP contribution in [0.15, 0.2) is 82.9 Å². The number of carbonyl (C=O) groups excluding carboxylic acids is 3. The third kappa shape index (κ3) is 5.20. The number of thiazole rings is 1. The Morgan fingerprint density at radius 2 is 1.81 bits per heavy atom. The Hall–Kier alpha value is -4.43. The fraction of sp³-hybridized carbons (Fsp3) is 0.207. The first-order chi connectivity index (χ1) is 20.6. The lowest BCUT2D eigenvalue weighted by Gasteiger charge is -2.30. The summed E-state index contributed by atoms with van der Waals surface area (Å²) < 4.78 is 46.7. The molecule has 220 valence electrons. The molecule has 2 aliphatic rings. The average molecular weight is 627 g/mol. The maximum absolute atomic E-state index is 13.9. The van der Waals surface area contributed by atoms with Crippen LogP contribution in [0.25, 0.3) is 0 Å². The van der Waals surface area contributed by atoms with Crippen molar-refractivity contribution in [3.8, 4) is 5.75 Å². The number of fused-ring (bicyclic) bond motifs is 2. The highest BCUT2D eigenvalue weighted by Gasteiger charge is 2.57. The van der Waals surface area contributed by atoms with Gasteiger partial charge in [0.15, 0.2) is 0 Å². The van der Waals surface area contributed by atoms with Gasteiger partial charge in [-0.05, 0) is 54.1 Å². The molecule has 4 heterocycles. The molecule has 9 nitrogen and oxygen atoms in total. The minimum Gasteiger partial charge on any atom is -0.497 e. The molecule has 0 bridgehead atoms. The third-order valence-corrected chi connectivity index (χ3v) is 9.80. The molecule has 14 heteroatoms. The SMILES string of the molecule is COc1ccc(NC(=O)Cn2c3c(sc2=O)[C@@H](c2cccnc2)[C@@H]2C(=O)N(c4cccc(C(F)(F)F)c4)C(=O)[C@@H]2S3)cc1. The van der Waals surface area contributed by atoms with Crippen molar-refractivity contribution in [2.75, 3.05) is 17.3 Å². The van der Waals surface area contributed by atoms with Crippen molar-refractivity contribution >= 4 is 52.2 Å². The molecule has 2 aromatic heterocycles. The number of anilines is 2. The van der Waals surface area contributed by atoms with E-state index in [1.54, 1.807) is 36.4 Å². The molecule has 4 aromatic rings. The van der Waals surface area contributed by atoms with E-state index in [0.29, 0.717) is 26.9 Å². The summed E-state index contributed by atoms with van der Waals surface area (Å²) >= 11 is 1.83. The zero-order valence-corrected chi connectivity index (χ0v) is 23.8. The first-order valence-corrected chi connectivity index (χ1v) is 14.6. The first kappa shape index (κ1) is 28.7. The molecule has 1 saturated heterocycles. The normalized spacial score (nSPS) is 19.6. The van der Waals surface area contributed by atoms with Gasteiger partial charge in [0.2, 0.25) is 17.7 Å². The predicted molar refractivity (Wildman–Crippen MR) is 153 cm³/mol. The molecule has 0 unspecified atom stereocenters. The van der Waals surface area contributed by atoms with E-state index in [9.17, 15) is 32.3 Å². The van der Waals surface area contributed by atoms with Crippen molar-refractivity contribution < 1.29 is 32.3 Å². The van der Waals surface area contributed by atoms with Gasteiger partial charge in [0, 0.05) is 28.9 Å². The van der Waals surface area contributed by atoms with Crippen LogP contribution in [0.1, 0.15) is 21.9 Å². The number of thioether (sulfide) groups is 1. The highest BCUT2D eigenvalue weighted by molar-refractivity contribution is 8.00. The number of halogens is 3. The van der Waals surface area contributed by atoms with E-state index >= 15 is 0 Å². The molecule has 6 rings (SSSR count). The van der Waals surface area contributed by atoms with Crippen molar-refractivity contribution in [3.63, 3.8) is 0 Å². The molecule has 2 aromatic carbocycles. The number of carbonyl (C=O) groups is 3. The van der Waals surface area contributed by atoms with Gasteiger partial charge in [0.05, 0.1) is 29.3 Å². The van der Waals surface area contributed by atoms with Crippen molar-refractivity contribution in [3.05, 3.63) is 98.7 Å². The molecule has 1 fully saturated rings. The average Bonchev–Trinajstić information content (AvgIpc) is 3.43. The van der Waals surface area contributed by atoms with Crippen molar-refractivity contribution in [2.45, 2.75) is 28.9 Å². The molecular weight excluding hydrogens is 605 g/mol. The summed E-state index contributed by atoms with van der Waals surface area (Å²) in [5.74, 6) is -3.07. The highest BCUT2D eigenvalue weighted by atomic mass is 32.2. The second-order valence-electron chi connectivity index (χ2n) is 9.79. The summed E-state index contributed by atoms with van der Waals surface area (Å²) in [6.07, 6.45) is -1.61. The zero-order chi connectivity index (χ0) is 30.5. The number of ether oxygens (including phenoxy) is 1. The summed E-state index contributed by atoms with van der Waals surface area (Å²) in [5, 5.41) is 2.02. The Kier molecular flexibility index (Phi) is 7.34. The van der Waals surface area contributed by atoms with E-state index in [0.717, 1.165) is 46.2 Å². The van der Waals surface area contributed by atoms with Gasteiger partial charge in [-0.2, -0.15) is 13.2 Å². The van der Waals surface area contributed by atoms with Crippen molar-refractivity contribution in [1.82, 2.24) is 9.55 Å². The molecule has 0 saturated carbocycles. The number of hydrogen-bond acceptors (Lipinski definition) is 8. The highest BCUT2D eigenvalue weighted by Crippen LogP contribution is 2.54. The Morgan fingerprint density at radius 3 is 2.49 bits per heavy atom. The molecule has 43 heavy (non-hydrogen) atoms. The Labute approximate surface area is 250 Å². The Morgan fingerprint density at radius 1 is 1.05 bits per heavy atom. The van der Waals surface area contributed by atoms with Gasteiger partial charge in [0.25, 0.3) is 0 Å². The van der Waals surface area contributed by atoms with Crippen LogP contribution in [0.3, 0.4) is 0 Å². The summed E-state index contributed by atoms with van der Waals surface area (Å²) in [6.45, 7) is -0.361. The topological polar surface area (TPSA) is 111 Å². The molecule has 3 atom stereocenters. The summed E-state index contributed by atoms with van der Waals surface area (Å²) in [7, 11) is 1.52. The lowest BCUT2D eigenvalue weighted by atomic mass is 9.84. The predicted octanol–water partition coefficient (Wildman–Crippen LogP) is 4.77. The van der Waals surface area contributed by atoms with E-state index in [-0.39, 0.29) is 12.2 Å². The van der Waals surface area contributed by atoms with Gasteiger partial charge in [-0.3, -0.25) is 28.7 Å². The number of alkyl halides is 3. The van der Waals surface area contributed by atoms with Crippen molar-refractivity contribution in [1.29, 1.82) is 0 Å². The third-order valence-electron chi connectivity index (χ3n) is 7.20. The number of nitrogens with one attached hydrogen (secondary N) is 1. The lowest BCUT2D eigenvalue weighted by Crippen LogP contribution is -2.33. The maximum Gasteiger partial charge on any atom is 0.416 e. The summed E-state index contributed by atoms with van der Waals surface area (Å²) in [5.41, 5.74) is -0.142. The first-order valence-electron chi connectivity index (χ1n) is 12.9. The summed E-state index contributed by atoms with van der Waals surface area (Å²) in [6, 6.07) is 14.0. The summed E-state index contributed by atoms with van der Waals surface area (Å²) in [4.78, 5) is 58.8. The van der Waals surface area contributed by atoms with E-state index in [4.69, 9.17) is 4.74 Å². The molecule has 2 aliphatic heterocycles. The quantitative estimate of drug-likeness (QED) is 0.307. The van der Waals surface area contributed by atoms with Crippen molar-refractivity contribution in [2.24, 2.45) is 5.92 Å². The fourth-order valence-electron chi connectivity index (χ4n) is 5.27. The fourth-order valence-corrected chi connectivity index (χ4v) is 8.04. The van der Waals surface area contributed by atoms with Gasteiger partial charge in [0.1, 0.15) is 17.5 Å². The van der Waals surface area contributed by atoms with Crippen LogP contribution in [0.2, 0.25) is 0 Å². The van der Waals surface area contributed by atoms with Crippen LogP contribution in [-0.4, -0.2) is 39.6 Å². The number of imide groups is 1. The van der Waals surface area contributed by atoms with Crippen LogP contribution in [0.5, 0.6) is 5.75 Å². The Bertz CT molecular complexity index is 1790. The van der Waals surface area contributed by atoms with E-state index in [1.807, 2.05) is 0 Å². The van der Waals surface area contributed by atoms with Gasteiger partial charge in [-0.1, -0.05) is 35.2 Å². The maximum atomic E-state index is 13.9. The number of amides is 3. The van der Waals surface area contributed by atoms with Gasteiger partial charge in [-0.25, -0.2) is 4.90 Å². The minimum atomic E-state index is -4.67. The van der Waals surface area contributed by atoms with E-state index < -0.39 is 51.4 Å². The molecule has 1 N–H and O–H groups in total. The van der Waals surface area contributed by atoms with Gasteiger partial charge < -0.3 is 10.1 Å². The minimum absolute atomic E-state index is 0.190. The largest absolute Gasteiger partial charge is 0.497 e. The second-order valence-corrected chi connectivity index (χ2v) is 11.9. The molecule has 3 amide bonds. The van der Waals surface area contributed by atoms with Crippen LogP contribution in [-0.2, 0) is 27.1 Å². The van der Waals surface area contributed by atoms with Crippen LogP contribution >= 0.6 is 23.1 Å².